The van der Waals surface area contributed by atoms with Gasteiger partial charge in [0.05, 0.1) is 27.2 Å². The summed E-state index contributed by atoms with van der Waals surface area (Å²) >= 11 is 0. The van der Waals surface area contributed by atoms with Crippen molar-refractivity contribution in [2.45, 2.75) is 19.9 Å². The summed E-state index contributed by atoms with van der Waals surface area (Å²) in [5.74, 6) is -2.53. The Kier molecular flexibility index (Phi) is 5.86. The number of ketones is 1. The van der Waals surface area contributed by atoms with Gasteiger partial charge in [-0.3, -0.25) is 14.4 Å². The maximum absolute atomic E-state index is 11.8. The second-order valence-electron chi connectivity index (χ2n) is 4.19. The highest BCUT2D eigenvalue weighted by molar-refractivity contribution is 6.36. The topological polar surface area (TPSA) is 72.9 Å². The number of methoxy groups -OCH3 is 1. The van der Waals surface area contributed by atoms with Gasteiger partial charge in [0, 0.05) is 0 Å². The highest BCUT2D eigenvalue weighted by Gasteiger charge is 2.22. The Morgan fingerprint density at radius 3 is 2.20 bits per heavy atom. The first-order chi connectivity index (χ1) is 9.47. The number of Topliss-reactive ketones (excluding diaryl/α,β-unsaturated/α-hetero) is 1. The molecule has 1 aromatic carbocycles. The van der Waals surface area contributed by atoms with Crippen LogP contribution in [0.3, 0.4) is 0 Å². The van der Waals surface area contributed by atoms with Gasteiger partial charge in [0.15, 0.2) is 0 Å². The number of benzene rings is 1. The molecule has 6 nitrogen and oxygen atoms in total. The Hall–Kier alpha value is -2.21. The third kappa shape index (κ3) is 4.47. The van der Waals surface area contributed by atoms with Gasteiger partial charge in [-0.2, -0.15) is 0 Å². The first-order valence-electron chi connectivity index (χ1n) is 5.99. The summed E-state index contributed by atoms with van der Waals surface area (Å²) in [6.07, 6.45) is -0.577. The average Bonchev–Trinajstić information content (AvgIpc) is 2.45. The Morgan fingerprint density at radius 1 is 1.10 bits per heavy atom. The highest BCUT2D eigenvalue weighted by Crippen LogP contribution is 2.08. The molecular weight excluding hydrogens is 262 g/mol. The fourth-order valence-electron chi connectivity index (χ4n) is 1.53. The van der Waals surface area contributed by atoms with Gasteiger partial charge in [-0.15, -0.1) is 0 Å². The molecule has 0 atom stereocenters. The molecule has 0 aliphatic heterocycles. The molecule has 1 rings (SSSR count). The van der Waals surface area contributed by atoms with Crippen LogP contribution >= 0.6 is 0 Å². The number of esters is 1. The largest absolute Gasteiger partial charge is 0.463 e. The molecule has 0 spiro atoms. The van der Waals surface area contributed by atoms with E-state index in [4.69, 9.17) is 4.84 Å². The molecule has 0 aliphatic carbocycles. The molecule has 1 amide bonds. The van der Waals surface area contributed by atoms with Crippen molar-refractivity contribution in [2.75, 3.05) is 14.2 Å². The lowest BCUT2D eigenvalue weighted by Crippen LogP contribution is -2.33. The minimum absolute atomic E-state index is 0.198. The lowest BCUT2D eigenvalue weighted by atomic mass is 10.1. The van der Waals surface area contributed by atoms with Crippen LogP contribution in [-0.4, -0.2) is 36.9 Å². The van der Waals surface area contributed by atoms with Gasteiger partial charge in [0.1, 0.15) is 0 Å². The van der Waals surface area contributed by atoms with Crippen LogP contribution in [0.15, 0.2) is 24.3 Å². The summed E-state index contributed by atoms with van der Waals surface area (Å²) < 4.78 is 4.26. The zero-order chi connectivity index (χ0) is 15.1. The van der Waals surface area contributed by atoms with Gasteiger partial charge in [0.25, 0.3) is 5.91 Å². The molecule has 108 valence electrons. The monoisotopic (exact) mass is 279 g/mol. The number of hydrogen-bond donors (Lipinski definition) is 0. The van der Waals surface area contributed by atoms with E-state index in [1.165, 1.54) is 7.11 Å². The normalized spacial score (nSPS) is 9.95. The van der Waals surface area contributed by atoms with Crippen LogP contribution in [0.1, 0.15) is 17.5 Å². The van der Waals surface area contributed by atoms with E-state index in [2.05, 4.69) is 4.74 Å². The van der Waals surface area contributed by atoms with E-state index in [1.807, 2.05) is 31.2 Å². The van der Waals surface area contributed by atoms with E-state index in [0.717, 1.165) is 23.3 Å². The summed E-state index contributed by atoms with van der Waals surface area (Å²) in [4.78, 5) is 39.1. The van der Waals surface area contributed by atoms with Crippen molar-refractivity contribution in [3.8, 4) is 0 Å². The van der Waals surface area contributed by atoms with Crippen LogP contribution < -0.4 is 0 Å². The fourth-order valence-corrected chi connectivity index (χ4v) is 1.53. The van der Waals surface area contributed by atoms with Crippen LogP contribution in [0.5, 0.6) is 0 Å². The molecule has 1 aromatic rings. The van der Waals surface area contributed by atoms with Gasteiger partial charge in [0.2, 0.25) is 5.78 Å². The number of ether oxygens (including phenoxy) is 1. The molecule has 0 saturated heterocycles. The summed E-state index contributed by atoms with van der Waals surface area (Å²) in [5.41, 5.74) is 1.96. The van der Waals surface area contributed by atoms with Crippen molar-refractivity contribution in [2.24, 2.45) is 0 Å². The molecule has 6 heteroatoms. The van der Waals surface area contributed by atoms with E-state index < -0.39 is 24.1 Å². The molecule has 0 aromatic heterocycles. The lowest BCUT2D eigenvalue weighted by Gasteiger charge is -2.19. The lowest BCUT2D eigenvalue weighted by molar-refractivity contribution is -0.180. The number of nitrogens with zero attached hydrogens (tertiary/aromatic N) is 1. The molecular formula is C14H17NO5. The third-order valence-electron chi connectivity index (χ3n) is 2.67. The summed E-state index contributed by atoms with van der Waals surface area (Å²) in [5, 5.41) is 1.03. The third-order valence-corrected chi connectivity index (χ3v) is 2.67. The molecule has 0 fully saturated rings. The van der Waals surface area contributed by atoms with E-state index in [-0.39, 0.29) is 6.54 Å². The van der Waals surface area contributed by atoms with E-state index >= 15 is 0 Å². The number of carbonyl (C=O) groups is 3. The number of rotatable bonds is 6. The molecule has 0 N–H and O–H groups in total. The summed E-state index contributed by atoms with van der Waals surface area (Å²) in [6.45, 7) is 2.15. The number of carbonyl (C=O) groups excluding carboxylic acids is 3. The first kappa shape index (κ1) is 15.8. The summed E-state index contributed by atoms with van der Waals surface area (Å²) in [6, 6.07) is 7.54. The molecule has 0 radical (unpaired) electrons. The van der Waals surface area contributed by atoms with Crippen molar-refractivity contribution in [3.63, 3.8) is 0 Å². The number of aryl methyl sites for hydroxylation is 1. The van der Waals surface area contributed by atoms with Crippen molar-refractivity contribution in [1.29, 1.82) is 0 Å². The van der Waals surface area contributed by atoms with Crippen LogP contribution in [0.4, 0.5) is 0 Å². The average molecular weight is 279 g/mol. The van der Waals surface area contributed by atoms with Crippen LogP contribution in [0, 0.1) is 6.92 Å². The van der Waals surface area contributed by atoms with E-state index in [1.54, 1.807) is 0 Å². The maximum atomic E-state index is 11.8. The Morgan fingerprint density at radius 2 is 1.70 bits per heavy atom. The number of hydrogen-bond acceptors (Lipinski definition) is 5. The van der Waals surface area contributed by atoms with Crippen LogP contribution in [0.25, 0.3) is 0 Å². The van der Waals surface area contributed by atoms with Gasteiger partial charge >= 0.3 is 5.97 Å². The molecule has 0 aliphatic rings. The van der Waals surface area contributed by atoms with Gasteiger partial charge in [-0.05, 0) is 12.5 Å². The Bertz CT molecular complexity index is 495. The molecule has 0 heterocycles. The number of amides is 1. The van der Waals surface area contributed by atoms with Crippen molar-refractivity contribution >= 4 is 17.7 Å². The highest BCUT2D eigenvalue weighted by atomic mass is 16.7. The van der Waals surface area contributed by atoms with Crippen LogP contribution in [-0.2, 0) is 30.5 Å². The van der Waals surface area contributed by atoms with Gasteiger partial charge in [-0.1, -0.05) is 29.8 Å². The fraction of sp³-hybridized carbons (Fsp3) is 0.357. The predicted octanol–water partition coefficient (Wildman–Crippen LogP) is 1.02. The predicted molar refractivity (Wildman–Crippen MR) is 70.4 cm³/mol. The number of hydroxylamine groups is 2. The minimum atomic E-state index is -1.04. The van der Waals surface area contributed by atoms with Crippen molar-refractivity contribution < 1.29 is 24.0 Å². The standard InChI is InChI=1S/C14H17NO5/c1-10-4-6-11(7-5-10)9-15(20-3)13(17)8-12(16)14(18)19-2/h4-7H,8-9H2,1-3H3. The Labute approximate surface area is 117 Å². The molecule has 20 heavy (non-hydrogen) atoms. The van der Waals surface area contributed by atoms with Gasteiger partial charge in [-0.25, -0.2) is 9.86 Å². The first-order valence-corrected chi connectivity index (χ1v) is 5.99. The minimum Gasteiger partial charge on any atom is -0.463 e. The van der Waals surface area contributed by atoms with Crippen LogP contribution in [0.2, 0.25) is 0 Å². The SMILES string of the molecule is COC(=O)C(=O)CC(=O)N(Cc1ccc(C)cc1)OC. The second kappa shape index (κ2) is 7.40. The van der Waals surface area contributed by atoms with Crippen molar-refractivity contribution in [1.82, 2.24) is 5.06 Å². The van der Waals surface area contributed by atoms with Crippen molar-refractivity contribution in [3.05, 3.63) is 35.4 Å². The molecule has 0 saturated carbocycles. The second-order valence-corrected chi connectivity index (χ2v) is 4.19. The zero-order valence-electron chi connectivity index (χ0n) is 11.7. The summed E-state index contributed by atoms with van der Waals surface area (Å²) in [7, 11) is 2.42. The smallest absolute Gasteiger partial charge is 0.374 e. The molecule has 0 unspecified atom stereocenters. The van der Waals surface area contributed by atoms with E-state index in [0.29, 0.717) is 0 Å². The Balaban J connectivity index is 2.66. The van der Waals surface area contributed by atoms with E-state index in [9.17, 15) is 14.4 Å². The van der Waals surface area contributed by atoms with Gasteiger partial charge < -0.3 is 4.74 Å². The quantitative estimate of drug-likeness (QED) is 0.336. The zero-order valence-corrected chi connectivity index (χ0v) is 11.7. The molecule has 0 bridgehead atoms. The maximum Gasteiger partial charge on any atom is 0.374 e.